The Kier molecular flexibility index (Phi) is 9.29. The molecule has 1 heterocycles. The summed E-state index contributed by atoms with van der Waals surface area (Å²) in [6, 6.07) is 6.92. The van der Waals surface area contributed by atoms with Crippen LogP contribution in [-0.4, -0.2) is 18.7 Å². The molecular formula is C40H56O5. The maximum atomic E-state index is 12.9. The number of hydrogen-bond donors (Lipinski definition) is 0. The maximum Gasteiger partial charge on any atom is 0.344 e. The number of allylic oxidation sites excluding steroid dienone is 1. The van der Waals surface area contributed by atoms with Crippen LogP contribution in [0, 0.1) is 46.3 Å². The summed E-state index contributed by atoms with van der Waals surface area (Å²) in [6.07, 6.45) is 17.0. The molecule has 4 aliphatic rings. The maximum absolute atomic E-state index is 12.9. The smallest absolute Gasteiger partial charge is 0.344 e. The van der Waals surface area contributed by atoms with E-state index in [2.05, 4.69) is 40.7 Å². The molecule has 3 saturated carbocycles. The van der Waals surface area contributed by atoms with Crippen LogP contribution in [0.1, 0.15) is 118 Å². The molecule has 4 aliphatic carbocycles. The number of benzene rings is 1. The van der Waals surface area contributed by atoms with Gasteiger partial charge in [-0.25, -0.2) is 9.59 Å². The SMILES string of the molecule is CCc1cc(=O)oc2cc(OCC(=O)O[C@H]3CC[C@@]4(C)C(=CC[C@H]5[C@@H]6CC[C@H]([C@H](C)CCCC(C)C)[C@@]6(C)CC[C@@H]54)C3)ccc12. The summed E-state index contributed by atoms with van der Waals surface area (Å²) in [4.78, 5) is 24.8. The Morgan fingerprint density at radius 1 is 1.02 bits per heavy atom. The van der Waals surface area contributed by atoms with Gasteiger partial charge >= 0.3 is 11.6 Å². The molecule has 246 valence electrons. The van der Waals surface area contributed by atoms with E-state index < -0.39 is 0 Å². The fraction of sp³-hybridized carbons (Fsp3) is 0.700. The number of aryl methyl sites for hydroxylation is 1. The molecule has 1 aromatic heterocycles. The molecule has 5 heteroatoms. The van der Waals surface area contributed by atoms with Gasteiger partial charge < -0.3 is 13.9 Å². The molecule has 0 N–H and O–H groups in total. The summed E-state index contributed by atoms with van der Waals surface area (Å²) in [5, 5.41) is 0.891. The first-order valence-electron chi connectivity index (χ1n) is 18.1. The molecule has 0 amide bonds. The third kappa shape index (κ3) is 6.26. The molecule has 0 bridgehead atoms. The number of esters is 1. The van der Waals surface area contributed by atoms with Crippen LogP contribution >= 0.6 is 0 Å². The van der Waals surface area contributed by atoms with Gasteiger partial charge in [0.15, 0.2) is 6.61 Å². The highest BCUT2D eigenvalue weighted by molar-refractivity contribution is 5.81. The lowest BCUT2D eigenvalue weighted by Crippen LogP contribution is -2.51. The highest BCUT2D eigenvalue weighted by Crippen LogP contribution is 2.67. The molecule has 0 aliphatic heterocycles. The largest absolute Gasteiger partial charge is 0.482 e. The van der Waals surface area contributed by atoms with Crippen LogP contribution in [0.2, 0.25) is 0 Å². The number of hydrogen-bond acceptors (Lipinski definition) is 5. The van der Waals surface area contributed by atoms with Crippen molar-refractivity contribution < 1.29 is 18.7 Å². The van der Waals surface area contributed by atoms with Crippen LogP contribution in [0.4, 0.5) is 0 Å². The van der Waals surface area contributed by atoms with E-state index in [1.54, 1.807) is 6.07 Å². The summed E-state index contributed by atoms with van der Waals surface area (Å²) in [7, 11) is 0. The van der Waals surface area contributed by atoms with Gasteiger partial charge in [-0.15, -0.1) is 0 Å². The van der Waals surface area contributed by atoms with Crippen molar-refractivity contribution in [1.29, 1.82) is 0 Å². The Morgan fingerprint density at radius 3 is 2.62 bits per heavy atom. The number of ether oxygens (including phenoxy) is 2. The lowest BCUT2D eigenvalue weighted by molar-refractivity contribution is -0.153. The first-order valence-corrected chi connectivity index (χ1v) is 18.1. The summed E-state index contributed by atoms with van der Waals surface area (Å²) >= 11 is 0. The van der Waals surface area contributed by atoms with Gasteiger partial charge in [0.1, 0.15) is 17.4 Å². The topological polar surface area (TPSA) is 65.7 Å². The molecule has 5 nitrogen and oxygen atoms in total. The van der Waals surface area contributed by atoms with Crippen molar-refractivity contribution in [3.8, 4) is 5.75 Å². The highest BCUT2D eigenvalue weighted by atomic mass is 16.6. The molecule has 1 aromatic carbocycles. The molecule has 3 fully saturated rings. The Balaban J connectivity index is 1.05. The van der Waals surface area contributed by atoms with E-state index in [0.29, 0.717) is 16.7 Å². The van der Waals surface area contributed by atoms with Gasteiger partial charge in [0, 0.05) is 23.9 Å². The van der Waals surface area contributed by atoms with Crippen molar-refractivity contribution in [2.75, 3.05) is 6.61 Å². The summed E-state index contributed by atoms with van der Waals surface area (Å²) in [6.45, 7) is 14.3. The lowest BCUT2D eigenvalue weighted by atomic mass is 9.47. The molecule has 6 rings (SSSR count). The van der Waals surface area contributed by atoms with Gasteiger partial charge in [-0.1, -0.05) is 72.5 Å². The minimum absolute atomic E-state index is 0.0879. The van der Waals surface area contributed by atoms with Crippen molar-refractivity contribution in [2.24, 2.45) is 46.3 Å². The van der Waals surface area contributed by atoms with E-state index in [4.69, 9.17) is 13.9 Å². The van der Waals surface area contributed by atoms with E-state index in [9.17, 15) is 9.59 Å². The van der Waals surface area contributed by atoms with E-state index in [0.717, 1.165) is 72.1 Å². The Hall–Kier alpha value is -2.56. The van der Waals surface area contributed by atoms with E-state index in [1.165, 1.54) is 63.0 Å². The van der Waals surface area contributed by atoms with Crippen LogP contribution in [0.3, 0.4) is 0 Å². The molecule has 45 heavy (non-hydrogen) atoms. The standard InChI is InChI=1S/C40H56O5/c1-7-27-21-37(41)45-36-23-29(12-14-31(27)36)43-24-38(42)44-30-17-19-39(5)28(22-30)11-13-32-34-16-15-33(26(4)10-8-9-25(2)3)40(34,6)20-18-35(32)39/h11-12,14,21,23,25-26,30,32-35H,7-10,13,15-20,22,24H2,1-6H3/t26-,30+,32+,33-,34+,35+,39+,40-/m1/s1. The third-order valence-electron chi connectivity index (χ3n) is 13.1. The van der Waals surface area contributed by atoms with Crippen molar-refractivity contribution >= 4 is 16.9 Å². The van der Waals surface area contributed by atoms with Crippen LogP contribution in [-0.2, 0) is 16.0 Å². The van der Waals surface area contributed by atoms with Crippen LogP contribution < -0.4 is 10.4 Å². The Bertz CT molecular complexity index is 1470. The predicted octanol–water partition coefficient (Wildman–Crippen LogP) is 9.69. The zero-order valence-electron chi connectivity index (χ0n) is 28.7. The molecule has 0 spiro atoms. The van der Waals surface area contributed by atoms with Gasteiger partial charge in [0.05, 0.1) is 0 Å². The number of fused-ring (bicyclic) bond motifs is 6. The minimum Gasteiger partial charge on any atom is -0.482 e. The second-order valence-electron chi connectivity index (χ2n) is 16.0. The van der Waals surface area contributed by atoms with Gasteiger partial charge in [-0.3, -0.25) is 0 Å². The molecular weight excluding hydrogens is 560 g/mol. The van der Waals surface area contributed by atoms with E-state index in [1.807, 2.05) is 19.1 Å². The lowest BCUT2D eigenvalue weighted by Gasteiger charge is -2.58. The fourth-order valence-electron chi connectivity index (χ4n) is 10.7. The normalized spacial score (nSPS) is 33.2. The number of rotatable bonds is 10. The van der Waals surface area contributed by atoms with Gasteiger partial charge in [-0.05, 0) is 115 Å². The van der Waals surface area contributed by atoms with E-state index >= 15 is 0 Å². The molecule has 0 saturated heterocycles. The van der Waals surface area contributed by atoms with Crippen molar-refractivity contribution in [1.82, 2.24) is 0 Å². The summed E-state index contributed by atoms with van der Waals surface area (Å²) in [5.74, 6) is 5.11. The van der Waals surface area contributed by atoms with Crippen molar-refractivity contribution in [3.63, 3.8) is 0 Å². The average Bonchev–Trinajstić information content (AvgIpc) is 3.36. The average molecular weight is 617 g/mol. The number of carbonyl (C=O) groups excluding carboxylic acids is 1. The molecule has 8 atom stereocenters. The van der Waals surface area contributed by atoms with Crippen molar-refractivity contribution in [3.05, 3.63) is 51.9 Å². The van der Waals surface area contributed by atoms with Crippen LogP contribution in [0.15, 0.2) is 45.1 Å². The summed E-state index contributed by atoms with van der Waals surface area (Å²) in [5.41, 5.74) is 3.31. The molecule has 0 unspecified atom stereocenters. The number of carbonyl (C=O) groups is 1. The summed E-state index contributed by atoms with van der Waals surface area (Å²) < 4.78 is 17.1. The van der Waals surface area contributed by atoms with Crippen LogP contribution in [0.5, 0.6) is 5.75 Å². The van der Waals surface area contributed by atoms with Crippen molar-refractivity contribution in [2.45, 2.75) is 125 Å². The van der Waals surface area contributed by atoms with Gasteiger partial charge in [-0.2, -0.15) is 0 Å². The first-order chi connectivity index (χ1) is 21.5. The van der Waals surface area contributed by atoms with Gasteiger partial charge in [0.2, 0.25) is 0 Å². The highest BCUT2D eigenvalue weighted by Gasteiger charge is 2.59. The second-order valence-corrected chi connectivity index (χ2v) is 16.0. The Labute approximate surface area is 270 Å². The minimum atomic E-state index is -0.375. The first kappa shape index (κ1) is 32.4. The zero-order chi connectivity index (χ0) is 31.9. The predicted molar refractivity (Wildman–Crippen MR) is 180 cm³/mol. The quantitative estimate of drug-likeness (QED) is 0.151. The molecule has 2 aromatic rings. The third-order valence-corrected chi connectivity index (χ3v) is 13.1. The van der Waals surface area contributed by atoms with Gasteiger partial charge in [0.25, 0.3) is 0 Å². The monoisotopic (exact) mass is 616 g/mol. The zero-order valence-corrected chi connectivity index (χ0v) is 28.7. The fourth-order valence-corrected chi connectivity index (χ4v) is 10.7. The Morgan fingerprint density at radius 2 is 1.84 bits per heavy atom. The van der Waals surface area contributed by atoms with Crippen LogP contribution in [0.25, 0.3) is 11.0 Å². The second kappa shape index (κ2) is 12.9. The molecule has 0 radical (unpaired) electrons. The van der Waals surface area contributed by atoms with E-state index in [-0.39, 0.29) is 29.7 Å².